The number of nitrogens with two attached hydrogens (primary N) is 1. The van der Waals surface area contributed by atoms with Gasteiger partial charge in [0.15, 0.2) is 0 Å². The molecular formula is C12H15N3O13P3-3. The Hall–Kier alpha value is -1.43. The Morgan fingerprint density at radius 1 is 1.23 bits per heavy atom. The maximum absolute atomic E-state index is 12.0. The van der Waals surface area contributed by atoms with E-state index >= 15 is 0 Å². The van der Waals surface area contributed by atoms with Crippen LogP contribution in [0.15, 0.2) is 15.8 Å². The van der Waals surface area contributed by atoms with Crippen LogP contribution in [0.4, 0.5) is 0 Å². The Morgan fingerprint density at radius 3 is 2.52 bits per heavy atom. The Balaban J connectivity index is 2.02. The summed E-state index contributed by atoms with van der Waals surface area (Å²) >= 11 is 0. The molecule has 31 heavy (non-hydrogen) atoms. The van der Waals surface area contributed by atoms with Gasteiger partial charge in [0.25, 0.3) is 29.0 Å². The minimum absolute atomic E-state index is 0.0266. The Kier molecular flexibility index (Phi) is 8.34. The number of hydrogen-bond acceptors (Lipinski definition) is 13. The van der Waals surface area contributed by atoms with Crippen molar-refractivity contribution in [1.29, 1.82) is 0 Å². The van der Waals surface area contributed by atoms with E-state index in [2.05, 4.69) is 25.0 Å². The van der Waals surface area contributed by atoms with Crippen LogP contribution in [-0.4, -0.2) is 33.7 Å². The number of H-pyrrole nitrogens is 1. The van der Waals surface area contributed by atoms with E-state index in [-0.39, 0.29) is 24.9 Å². The van der Waals surface area contributed by atoms with Crippen molar-refractivity contribution in [1.82, 2.24) is 9.55 Å². The van der Waals surface area contributed by atoms with Crippen LogP contribution in [0.1, 0.15) is 24.6 Å². The number of nitrogens with one attached hydrogen (secondary N) is 1. The van der Waals surface area contributed by atoms with Gasteiger partial charge in [-0.1, -0.05) is 11.8 Å². The van der Waals surface area contributed by atoms with Gasteiger partial charge < -0.3 is 34.6 Å². The molecule has 1 aliphatic rings. The third-order valence-corrected chi connectivity index (χ3v) is 7.20. The molecule has 1 saturated heterocycles. The molecule has 1 fully saturated rings. The first-order valence-electron chi connectivity index (χ1n) is 8.14. The van der Waals surface area contributed by atoms with Crippen LogP contribution >= 0.6 is 23.5 Å². The predicted octanol–water partition coefficient (Wildman–Crippen LogP) is -3.03. The molecule has 4 N–H and O–H groups in total. The quantitative estimate of drug-likeness (QED) is 0.236. The van der Waals surface area contributed by atoms with Crippen LogP contribution in [0, 0.1) is 11.8 Å². The zero-order valence-corrected chi connectivity index (χ0v) is 18.0. The molecule has 5 atom stereocenters. The summed E-state index contributed by atoms with van der Waals surface area (Å²) in [6.45, 7) is -0.787. The Bertz CT molecular complexity index is 1130. The van der Waals surface area contributed by atoms with Crippen LogP contribution in [0.2, 0.25) is 0 Å². The Morgan fingerprint density at radius 2 is 1.90 bits per heavy atom. The molecular weight excluding hydrogens is 487 g/mol. The number of rotatable bonds is 8. The molecule has 0 aliphatic carbocycles. The highest BCUT2D eigenvalue weighted by Crippen LogP contribution is 2.61. The second kappa shape index (κ2) is 10.0. The second-order valence-corrected chi connectivity index (χ2v) is 10.1. The van der Waals surface area contributed by atoms with E-state index in [0.717, 1.165) is 10.8 Å². The van der Waals surface area contributed by atoms with Gasteiger partial charge in [0.05, 0.1) is 19.3 Å². The highest BCUT2D eigenvalue weighted by molar-refractivity contribution is 7.65. The summed E-state index contributed by atoms with van der Waals surface area (Å²) in [6, 6.07) is 0. The largest absolute Gasteiger partial charge is 0.756 e. The average molecular weight is 502 g/mol. The lowest BCUT2D eigenvalue weighted by Crippen LogP contribution is -2.33. The molecule has 1 aromatic rings. The van der Waals surface area contributed by atoms with Crippen molar-refractivity contribution in [2.75, 3.05) is 13.2 Å². The van der Waals surface area contributed by atoms with Crippen molar-refractivity contribution >= 4 is 23.5 Å². The summed E-state index contributed by atoms with van der Waals surface area (Å²) in [4.78, 5) is 67.2. The van der Waals surface area contributed by atoms with E-state index in [1.54, 1.807) is 0 Å². The average Bonchev–Trinajstić information content (AvgIpc) is 3.05. The minimum atomic E-state index is -6.00. The number of nitrogens with zero attached hydrogens (tertiary/aromatic N) is 1. The Labute approximate surface area is 173 Å². The fourth-order valence-electron chi connectivity index (χ4n) is 2.41. The third kappa shape index (κ3) is 8.21. The summed E-state index contributed by atoms with van der Waals surface area (Å²) in [6.07, 6.45) is -0.416. The third-order valence-electron chi connectivity index (χ3n) is 3.51. The molecule has 0 aromatic carbocycles. The van der Waals surface area contributed by atoms with Gasteiger partial charge in [-0.15, -0.1) is 0 Å². The first-order chi connectivity index (χ1) is 14.2. The molecule has 3 unspecified atom stereocenters. The topological polar surface area (TPSA) is 258 Å². The molecule has 2 heterocycles. The van der Waals surface area contributed by atoms with Crippen molar-refractivity contribution < 1.29 is 51.2 Å². The van der Waals surface area contributed by atoms with E-state index in [9.17, 15) is 38.0 Å². The monoisotopic (exact) mass is 502 g/mol. The van der Waals surface area contributed by atoms with Gasteiger partial charge in [-0.05, 0) is 12.8 Å². The van der Waals surface area contributed by atoms with Crippen molar-refractivity contribution in [3.05, 3.63) is 32.6 Å². The minimum Gasteiger partial charge on any atom is -0.756 e. The van der Waals surface area contributed by atoms with E-state index < -0.39 is 53.7 Å². The maximum Gasteiger partial charge on any atom is 0.330 e. The normalized spacial score (nSPS) is 24.4. The summed E-state index contributed by atoms with van der Waals surface area (Å²) in [5.41, 5.74) is 3.62. The number of aromatic amines is 1. The van der Waals surface area contributed by atoms with Crippen molar-refractivity contribution in [2.24, 2.45) is 5.73 Å². The molecule has 0 spiro atoms. The van der Waals surface area contributed by atoms with Gasteiger partial charge in [0, 0.05) is 6.20 Å². The van der Waals surface area contributed by atoms with Gasteiger partial charge in [0.2, 0.25) is 0 Å². The van der Waals surface area contributed by atoms with Crippen LogP contribution in [-0.2, 0) is 31.6 Å². The smallest absolute Gasteiger partial charge is 0.330 e. The SMILES string of the molecule is NCC#Cc1cn([C@H]2CC[C@@H](COP(=O)([O-])OP(=O)([O-])OP(=O)([O-])O)O2)c(=O)[nH]c1=O. The molecule has 0 bridgehead atoms. The van der Waals surface area contributed by atoms with Crippen molar-refractivity contribution in [2.45, 2.75) is 25.2 Å². The van der Waals surface area contributed by atoms with Gasteiger partial charge in [0.1, 0.15) is 11.8 Å². The highest BCUT2D eigenvalue weighted by Gasteiger charge is 2.30. The summed E-state index contributed by atoms with van der Waals surface area (Å²) in [5.74, 6) is 4.93. The number of aromatic nitrogens is 2. The summed E-state index contributed by atoms with van der Waals surface area (Å²) in [5, 5.41) is 0. The number of hydrogen-bond donors (Lipinski definition) is 3. The molecule has 0 saturated carbocycles. The lowest BCUT2D eigenvalue weighted by Gasteiger charge is -2.32. The maximum atomic E-state index is 12.0. The lowest BCUT2D eigenvalue weighted by molar-refractivity contribution is -0.250. The number of phosphoric ester groups is 1. The van der Waals surface area contributed by atoms with Crippen LogP contribution in [0.25, 0.3) is 0 Å². The van der Waals surface area contributed by atoms with Crippen LogP contribution in [0.5, 0.6) is 0 Å². The number of ether oxygens (including phenoxy) is 1. The standard InChI is InChI=1S/C12H18N3O13P3/c13-5-1-2-8-6-15(12(17)14-11(8)16)10-4-3-9(26-10)7-25-30(21,22)28-31(23,24)27-29(18,19)20/h6,9-10H,3-5,7,13H2,(H,21,22)(H,23,24)(H,14,16,17)(H2,18,19,20)/p-3/t9-,10+/m0/s1. The summed E-state index contributed by atoms with van der Waals surface area (Å²) < 4.78 is 50.5. The molecule has 0 amide bonds. The molecule has 16 nitrogen and oxygen atoms in total. The lowest BCUT2D eigenvalue weighted by atomic mass is 10.2. The van der Waals surface area contributed by atoms with Crippen molar-refractivity contribution in [3.8, 4) is 11.8 Å². The first kappa shape index (κ1) is 25.8. The van der Waals surface area contributed by atoms with Gasteiger partial charge in [-0.3, -0.25) is 28.0 Å². The highest BCUT2D eigenvalue weighted by atomic mass is 31.3. The van der Waals surface area contributed by atoms with Crippen LogP contribution in [0.3, 0.4) is 0 Å². The van der Waals surface area contributed by atoms with Gasteiger partial charge in [-0.2, -0.15) is 0 Å². The molecule has 1 aliphatic heterocycles. The zero-order valence-electron chi connectivity index (χ0n) is 15.3. The van der Waals surface area contributed by atoms with E-state index in [4.69, 9.17) is 15.4 Å². The van der Waals surface area contributed by atoms with Crippen molar-refractivity contribution in [3.63, 3.8) is 0 Å². The van der Waals surface area contributed by atoms with E-state index in [0.29, 0.717) is 0 Å². The van der Waals surface area contributed by atoms with Gasteiger partial charge >= 0.3 is 5.69 Å². The zero-order chi connectivity index (χ0) is 23.4. The molecule has 1 aromatic heterocycles. The summed E-state index contributed by atoms with van der Waals surface area (Å²) in [7, 11) is -17.5. The first-order valence-corrected chi connectivity index (χ1v) is 12.6. The van der Waals surface area contributed by atoms with Gasteiger partial charge in [-0.25, -0.2) is 13.4 Å². The predicted molar refractivity (Wildman–Crippen MR) is 93.6 cm³/mol. The van der Waals surface area contributed by atoms with E-state index in [1.165, 1.54) is 0 Å². The fraction of sp³-hybridized carbons (Fsp3) is 0.500. The second-order valence-electron chi connectivity index (χ2n) is 5.83. The molecule has 0 radical (unpaired) electrons. The van der Waals surface area contributed by atoms with Crippen LogP contribution < -0.4 is 31.7 Å². The molecule has 19 heteroatoms. The molecule has 2 rings (SSSR count). The van der Waals surface area contributed by atoms with E-state index in [1.807, 2.05) is 4.98 Å². The molecule has 174 valence electrons. The number of phosphoric acid groups is 3. The fourth-order valence-corrected chi connectivity index (χ4v) is 5.33.